The summed E-state index contributed by atoms with van der Waals surface area (Å²) in [6.07, 6.45) is 6.61. The van der Waals surface area contributed by atoms with Gasteiger partial charge in [0.1, 0.15) is 6.33 Å². The number of hydrogen-bond donors (Lipinski definition) is 0. The molecule has 0 atom stereocenters. The molecule has 3 nitrogen and oxygen atoms in total. The highest BCUT2D eigenvalue weighted by Crippen LogP contribution is 2.16. The van der Waals surface area contributed by atoms with Crippen LogP contribution in [-0.4, -0.2) is 15.5 Å². The van der Waals surface area contributed by atoms with Crippen molar-refractivity contribution in [3.05, 3.63) is 83.2 Å². The topological polar surface area (TPSA) is 34.9 Å². The maximum absolute atomic E-state index is 12.2. The third-order valence-corrected chi connectivity index (χ3v) is 3.72. The second kappa shape index (κ2) is 6.54. The van der Waals surface area contributed by atoms with Crippen molar-refractivity contribution in [3.63, 3.8) is 0 Å². The number of carbonyl (C=O) groups is 1. The minimum absolute atomic E-state index is 0.127. The maximum atomic E-state index is 12.2. The Hall–Kier alpha value is -2.46. The lowest BCUT2D eigenvalue weighted by Gasteiger charge is -1.96. The molecule has 0 saturated carbocycles. The molecule has 0 N–H and O–H groups in total. The van der Waals surface area contributed by atoms with Gasteiger partial charge in [-0.2, -0.15) is 0 Å². The van der Waals surface area contributed by atoms with E-state index in [2.05, 4.69) is 20.9 Å². The smallest absolute Gasteiger partial charge is 0.255 e. The van der Waals surface area contributed by atoms with Gasteiger partial charge in [0.25, 0.3) is 5.91 Å². The fraction of sp³-hybridized carbons (Fsp3) is 0. The van der Waals surface area contributed by atoms with E-state index in [4.69, 9.17) is 0 Å². The third-order valence-electron chi connectivity index (χ3n) is 3.19. The van der Waals surface area contributed by atoms with E-state index in [0.717, 1.165) is 21.3 Å². The van der Waals surface area contributed by atoms with Crippen molar-refractivity contribution in [3.8, 4) is 11.3 Å². The highest BCUT2D eigenvalue weighted by molar-refractivity contribution is 9.10. The van der Waals surface area contributed by atoms with Crippen LogP contribution in [0.25, 0.3) is 17.3 Å². The van der Waals surface area contributed by atoms with Gasteiger partial charge in [0.2, 0.25) is 0 Å². The standard InChI is InChI=1S/C18H13BrN2O/c19-16-9-6-14(7-10-16)8-11-18(22)21-12-17(20-13-21)15-4-2-1-3-5-15/h1-13H/b11-8+. The molecular formula is C18H13BrN2O. The fourth-order valence-electron chi connectivity index (χ4n) is 2.03. The zero-order valence-corrected chi connectivity index (χ0v) is 13.3. The maximum Gasteiger partial charge on any atom is 0.255 e. The third kappa shape index (κ3) is 3.40. The zero-order valence-electron chi connectivity index (χ0n) is 11.7. The molecule has 0 fully saturated rings. The van der Waals surface area contributed by atoms with Crippen LogP contribution < -0.4 is 0 Å². The molecule has 0 aliphatic rings. The summed E-state index contributed by atoms with van der Waals surface area (Å²) in [6, 6.07) is 17.5. The second-order valence-corrected chi connectivity index (χ2v) is 5.67. The van der Waals surface area contributed by atoms with E-state index in [1.165, 1.54) is 10.9 Å². The summed E-state index contributed by atoms with van der Waals surface area (Å²) in [6.45, 7) is 0. The average Bonchev–Trinajstić information content (AvgIpc) is 3.05. The summed E-state index contributed by atoms with van der Waals surface area (Å²) in [7, 11) is 0. The Kier molecular flexibility index (Phi) is 4.30. The summed E-state index contributed by atoms with van der Waals surface area (Å²) in [5, 5.41) is 0. The summed E-state index contributed by atoms with van der Waals surface area (Å²) in [5.41, 5.74) is 2.75. The first-order chi connectivity index (χ1) is 10.7. The van der Waals surface area contributed by atoms with Crippen molar-refractivity contribution in [1.29, 1.82) is 0 Å². The van der Waals surface area contributed by atoms with Gasteiger partial charge in [-0.3, -0.25) is 9.36 Å². The predicted molar refractivity (Wildman–Crippen MR) is 91.5 cm³/mol. The van der Waals surface area contributed by atoms with E-state index in [9.17, 15) is 4.79 Å². The molecule has 1 heterocycles. The van der Waals surface area contributed by atoms with Gasteiger partial charge in [-0.1, -0.05) is 58.4 Å². The highest BCUT2D eigenvalue weighted by atomic mass is 79.9. The van der Waals surface area contributed by atoms with Gasteiger partial charge in [-0.25, -0.2) is 4.98 Å². The SMILES string of the molecule is O=C(/C=C/c1ccc(Br)cc1)n1cnc(-c2ccccc2)c1. The second-order valence-electron chi connectivity index (χ2n) is 4.76. The highest BCUT2D eigenvalue weighted by Gasteiger charge is 2.05. The van der Waals surface area contributed by atoms with Crippen LogP contribution in [0.4, 0.5) is 0 Å². The number of imidazole rings is 1. The van der Waals surface area contributed by atoms with Gasteiger partial charge in [0.15, 0.2) is 0 Å². The lowest BCUT2D eigenvalue weighted by Crippen LogP contribution is -2.03. The Morgan fingerprint density at radius 3 is 2.50 bits per heavy atom. The Morgan fingerprint density at radius 2 is 1.77 bits per heavy atom. The molecule has 0 unspecified atom stereocenters. The van der Waals surface area contributed by atoms with Gasteiger partial charge in [-0.15, -0.1) is 0 Å². The molecule has 0 spiro atoms. The van der Waals surface area contributed by atoms with Crippen LogP contribution in [0.1, 0.15) is 10.4 Å². The van der Waals surface area contributed by atoms with E-state index in [-0.39, 0.29) is 5.91 Å². The van der Waals surface area contributed by atoms with Crippen LogP contribution in [0.5, 0.6) is 0 Å². The Balaban J connectivity index is 1.76. The van der Waals surface area contributed by atoms with Gasteiger partial charge in [-0.05, 0) is 23.8 Å². The first kappa shape index (κ1) is 14.5. The molecule has 0 amide bonds. The molecule has 3 aromatic rings. The number of nitrogens with zero attached hydrogens (tertiary/aromatic N) is 2. The number of rotatable bonds is 3. The van der Waals surface area contributed by atoms with Crippen molar-refractivity contribution in [2.45, 2.75) is 0 Å². The first-order valence-corrected chi connectivity index (χ1v) is 7.59. The first-order valence-electron chi connectivity index (χ1n) is 6.80. The van der Waals surface area contributed by atoms with Crippen LogP contribution in [0, 0.1) is 0 Å². The molecule has 0 aliphatic heterocycles. The summed E-state index contributed by atoms with van der Waals surface area (Å²) in [4.78, 5) is 16.4. The molecule has 22 heavy (non-hydrogen) atoms. The molecular weight excluding hydrogens is 340 g/mol. The van der Waals surface area contributed by atoms with Crippen molar-refractivity contribution < 1.29 is 4.79 Å². The van der Waals surface area contributed by atoms with Crippen molar-refractivity contribution in [2.24, 2.45) is 0 Å². The Morgan fingerprint density at radius 1 is 1.05 bits per heavy atom. The number of aromatic nitrogens is 2. The number of halogens is 1. The molecule has 4 heteroatoms. The molecule has 0 bridgehead atoms. The molecule has 1 aromatic heterocycles. The number of benzene rings is 2. The Bertz CT molecular complexity index is 805. The molecule has 0 radical (unpaired) electrons. The lowest BCUT2D eigenvalue weighted by molar-refractivity contribution is 0.0969. The van der Waals surface area contributed by atoms with Crippen molar-refractivity contribution >= 4 is 27.9 Å². The quantitative estimate of drug-likeness (QED) is 0.642. The molecule has 0 aliphatic carbocycles. The Labute approximate surface area is 137 Å². The van der Waals surface area contributed by atoms with Crippen LogP contribution in [0.2, 0.25) is 0 Å². The van der Waals surface area contributed by atoms with Crippen LogP contribution in [0.15, 0.2) is 77.7 Å². The fourth-order valence-corrected chi connectivity index (χ4v) is 2.29. The molecule has 3 rings (SSSR count). The van der Waals surface area contributed by atoms with Gasteiger partial charge in [0, 0.05) is 22.3 Å². The van der Waals surface area contributed by atoms with E-state index < -0.39 is 0 Å². The summed E-state index contributed by atoms with van der Waals surface area (Å²) >= 11 is 3.38. The average molecular weight is 353 g/mol. The summed E-state index contributed by atoms with van der Waals surface area (Å²) in [5.74, 6) is -0.127. The number of hydrogen-bond acceptors (Lipinski definition) is 2. The molecule has 108 valence electrons. The summed E-state index contributed by atoms with van der Waals surface area (Å²) < 4.78 is 2.50. The van der Waals surface area contributed by atoms with Crippen molar-refractivity contribution in [2.75, 3.05) is 0 Å². The van der Waals surface area contributed by atoms with E-state index >= 15 is 0 Å². The van der Waals surface area contributed by atoms with Gasteiger partial charge >= 0.3 is 0 Å². The molecule has 0 saturated heterocycles. The number of carbonyl (C=O) groups excluding carboxylic acids is 1. The van der Waals surface area contributed by atoms with Gasteiger partial charge in [0.05, 0.1) is 5.69 Å². The largest absolute Gasteiger partial charge is 0.272 e. The monoisotopic (exact) mass is 352 g/mol. The lowest BCUT2D eigenvalue weighted by atomic mass is 10.2. The number of allylic oxidation sites excluding steroid dienone is 1. The minimum atomic E-state index is -0.127. The minimum Gasteiger partial charge on any atom is -0.272 e. The predicted octanol–water partition coefficient (Wildman–Crippen LogP) is 4.67. The normalized spacial score (nSPS) is 11.0. The van der Waals surface area contributed by atoms with E-state index in [0.29, 0.717) is 0 Å². The van der Waals surface area contributed by atoms with E-state index in [1.807, 2.05) is 54.6 Å². The van der Waals surface area contributed by atoms with Crippen molar-refractivity contribution in [1.82, 2.24) is 9.55 Å². The van der Waals surface area contributed by atoms with Gasteiger partial charge < -0.3 is 0 Å². The zero-order chi connectivity index (χ0) is 15.4. The van der Waals surface area contributed by atoms with Crippen LogP contribution >= 0.6 is 15.9 Å². The van der Waals surface area contributed by atoms with Crippen LogP contribution in [-0.2, 0) is 0 Å². The van der Waals surface area contributed by atoms with E-state index in [1.54, 1.807) is 18.3 Å². The van der Waals surface area contributed by atoms with Crippen LogP contribution in [0.3, 0.4) is 0 Å². The molecule has 2 aromatic carbocycles.